The van der Waals surface area contributed by atoms with E-state index in [4.69, 9.17) is 0 Å². The molecule has 0 radical (unpaired) electrons. The summed E-state index contributed by atoms with van der Waals surface area (Å²) in [6.45, 7) is 20.8. The molecule has 0 aromatic heterocycles. The van der Waals surface area contributed by atoms with E-state index in [-0.39, 0.29) is 6.10 Å². The van der Waals surface area contributed by atoms with Crippen LogP contribution in [0.3, 0.4) is 0 Å². The van der Waals surface area contributed by atoms with Crippen LogP contribution in [0.4, 0.5) is 0 Å². The number of fused-ring (bicyclic) bond motifs is 1. The fourth-order valence-corrected chi connectivity index (χ4v) is 6.62. The lowest BCUT2D eigenvalue weighted by atomic mass is 9.61. The summed E-state index contributed by atoms with van der Waals surface area (Å²) >= 11 is 0. The van der Waals surface area contributed by atoms with Crippen LogP contribution in [0.5, 0.6) is 0 Å². The van der Waals surface area contributed by atoms with Crippen molar-refractivity contribution in [1.82, 2.24) is 0 Å². The van der Waals surface area contributed by atoms with E-state index in [9.17, 15) is 5.11 Å². The van der Waals surface area contributed by atoms with Crippen LogP contribution < -0.4 is 0 Å². The van der Waals surface area contributed by atoms with Crippen LogP contribution >= 0.6 is 0 Å². The van der Waals surface area contributed by atoms with Gasteiger partial charge < -0.3 is 5.11 Å². The molecular weight excluding hydrogens is 376 g/mol. The Morgan fingerprint density at radius 1 is 1.13 bits per heavy atom. The van der Waals surface area contributed by atoms with Crippen LogP contribution in [0.15, 0.2) is 47.6 Å². The molecule has 3 rings (SSSR count). The second kappa shape index (κ2) is 9.42. The highest BCUT2D eigenvalue weighted by Gasteiger charge is 2.50. The highest BCUT2D eigenvalue weighted by atomic mass is 16.3. The molecule has 3 fully saturated rings. The monoisotopic (exact) mass is 424 g/mol. The maximum atomic E-state index is 10.3. The van der Waals surface area contributed by atoms with Crippen molar-refractivity contribution in [2.75, 3.05) is 0 Å². The molecule has 3 saturated carbocycles. The van der Waals surface area contributed by atoms with Crippen molar-refractivity contribution in [3.8, 4) is 0 Å². The number of hydrogen-bond acceptors (Lipinski definition) is 1. The Bertz CT molecular complexity index is 745. The minimum atomic E-state index is -0.357. The SMILES string of the molecule is C=C1/C(=C\C=C2/CCCC3(C)C2CCC3C(C)/C=C/C(C)C(C)(C)C)CC(C)CC1O. The van der Waals surface area contributed by atoms with E-state index in [1.165, 1.54) is 37.7 Å². The van der Waals surface area contributed by atoms with Gasteiger partial charge in [0.2, 0.25) is 0 Å². The largest absolute Gasteiger partial charge is 0.388 e. The second-order valence-corrected chi connectivity index (χ2v) is 12.5. The van der Waals surface area contributed by atoms with Crippen molar-refractivity contribution in [2.45, 2.75) is 99.5 Å². The third kappa shape index (κ3) is 5.29. The first-order chi connectivity index (χ1) is 14.4. The summed E-state index contributed by atoms with van der Waals surface area (Å²) in [5.41, 5.74) is 4.63. The topological polar surface area (TPSA) is 20.2 Å². The molecule has 0 bridgehead atoms. The summed E-state index contributed by atoms with van der Waals surface area (Å²) in [6, 6.07) is 0. The molecule has 0 aromatic carbocycles. The van der Waals surface area contributed by atoms with Crippen LogP contribution in [-0.2, 0) is 0 Å². The second-order valence-electron chi connectivity index (χ2n) is 12.5. The Kier molecular flexibility index (Phi) is 7.46. The molecule has 0 spiro atoms. The van der Waals surface area contributed by atoms with Gasteiger partial charge in [0.15, 0.2) is 0 Å². The lowest BCUT2D eigenvalue weighted by molar-refractivity contribution is 0.112. The van der Waals surface area contributed by atoms with Crippen molar-refractivity contribution in [1.29, 1.82) is 0 Å². The Morgan fingerprint density at radius 2 is 1.84 bits per heavy atom. The first-order valence-corrected chi connectivity index (χ1v) is 12.9. The number of allylic oxidation sites excluding steroid dienone is 5. The van der Waals surface area contributed by atoms with Gasteiger partial charge in [-0.3, -0.25) is 0 Å². The minimum Gasteiger partial charge on any atom is -0.388 e. The van der Waals surface area contributed by atoms with E-state index in [1.807, 2.05) is 0 Å². The average Bonchev–Trinajstić information content (AvgIpc) is 3.04. The molecule has 1 nitrogen and oxygen atoms in total. The van der Waals surface area contributed by atoms with Gasteiger partial charge in [-0.2, -0.15) is 0 Å². The predicted molar refractivity (Wildman–Crippen MR) is 135 cm³/mol. The molecule has 3 aliphatic rings. The summed E-state index contributed by atoms with van der Waals surface area (Å²) in [4.78, 5) is 0. The standard InChI is InChI=1S/C30H48O/c1-20-18-25(23(4)28(31)19-20)14-13-24-10-9-17-30(8)26(15-16-27(24)30)21(2)11-12-22(3)29(5,6)7/h11-14,20-22,26-28,31H,4,9-10,15-19H2,1-3,5-8H3/b12-11+,24-13+,25-14-. The van der Waals surface area contributed by atoms with Gasteiger partial charge in [-0.15, -0.1) is 0 Å². The van der Waals surface area contributed by atoms with E-state index in [2.05, 4.69) is 79.3 Å². The zero-order valence-electron chi connectivity index (χ0n) is 21.4. The van der Waals surface area contributed by atoms with Crippen LogP contribution in [-0.4, -0.2) is 11.2 Å². The lowest BCUT2D eigenvalue weighted by Crippen LogP contribution is -2.35. The van der Waals surface area contributed by atoms with Crippen molar-refractivity contribution in [3.05, 3.63) is 47.6 Å². The highest BCUT2D eigenvalue weighted by Crippen LogP contribution is 2.59. The molecule has 0 amide bonds. The first-order valence-electron chi connectivity index (χ1n) is 12.9. The van der Waals surface area contributed by atoms with Crippen LogP contribution in [0.1, 0.15) is 93.4 Å². The molecule has 7 atom stereocenters. The van der Waals surface area contributed by atoms with E-state index in [0.717, 1.165) is 30.3 Å². The molecule has 0 heterocycles. The Morgan fingerprint density at radius 3 is 2.52 bits per heavy atom. The molecule has 0 aliphatic heterocycles. The molecule has 7 unspecified atom stereocenters. The van der Waals surface area contributed by atoms with Gasteiger partial charge in [0, 0.05) is 0 Å². The molecule has 1 N–H and O–H groups in total. The summed E-state index contributed by atoms with van der Waals surface area (Å²) in [7, 11) is 0. The average molecular weight is 425 g/mol. The lowest BCUT2D eigenvalue weighted by Gasteiger charge is -2.44. The third-order valence-corrected chi connectivity index (χ3v) is 9.25. The highest BCUT2D eigenvalue weighted by molar-refractivity contribution is 5.38. The van der Waals surface area contributed by atoms with E-state index < -0.39 is 0 Å². The Hall–Kier alpha value is -1.08. The molecule has 3 aliphatic carbocycles. The number of hydrogen-bond donors (Lipinski definition) is 1. The normalized spacial score (nSPS) is 39.3. The summed E-state index contributed by atoms with van der Waals surface area (Å²) < 4.78 is 0. The van der Waals surface area contributed by atoms with E-state index in [1.54, 1.807) is 5.57 Å². The van der Waals surface area contributed by atoms with Crippen molar-refractivity contribution in [2.24, 2.45) is 40.4 Å². The fourth-order valence-electron chi connectivity index (χ4n) is 6.62. The van der Waals surface area contributed by atoms with Crippen LogP contribution in [0, 0.1) is 40.4 Å². The zero-order valence-corrected chi connectivity index (χ0v) is 21.4. The van der Waals surface area contributed by atoms with E-state index >= 15 is 0 Å². The molecular formula is C30H48O. The van der Waals surface area contributed by atoms with E-state index in [0.29, 0.717) is 28.6 Å². The van der Waals surface area contributed by atoms with Crippen LogP contribution in [0.2, 0.25) is 0 Å². The zero-order chi connectivity index (χ0) is 23.0. The summed E-state index contributed by atoms with van der Waals surface area (Å²) in [5, 5.41) is 10.3. The maximum Gasteiger partial charge on any atom is 0.0789 e. The van der Waals surface area contributed by atoms with Gasteiger partial charge in [0.25, 0.3) is 0 Å². The van der Waals surface area contributed by atoms with Gasteiger partial charge in [-0.1, -0.05) is 84.9 Å². The van der Waals surface area contributed by atoms with Gasteiger partial charge in [0.05, 0.1) is 6.10 Å². The van der Waals surface area contributed by atoms with Crippen LogP contribution in [0.25, 0.3) is 0 Å². The molecule has 0 saturated heterocycles. The Balaban J connectivity index is 1.76. The first kappa shape index (κ1) is 24.6. The van der Waals surface area contributed by atoms with Gasteiger partial charge >= 0.3 is 0 Å². The Labute approximate surface area is 192 Å². The smallest absolute Gasteiger partial charge is 0.0789 e. The molecule has 1 heteroatoms. The predicted octanol–water partition coefficient (Wildman–Crippen LogP) is 8.28. The summed E-state index contributed by atoms with van der Waals surface area (Å²) in [6.07, 6.45) is 17.9. The quantitative estimate of drug-likeness (QED) is 0.450. The minimum absolute atomic E-state index is 0.334. The van der Waals surface area contributed by atoms with Gasteiger partial charge in [-0.25, -0.2) is 0 Å². The number of aliphatic hydroxyl groups excluding tert-OH is 1. The van der Waals surface area contributed by atoms with Crippen molar-refractivity contribution < 1.29 is 5.11 Å². The van der Waals surface area contributed by atoms with Crippen molar-refractivity contribution in [3.63, 3.8) is 0 Å². The molecule has 0 aromatic rings. The maximum absolute atomic E-state index is 10.3. The van der Waals surface area contributed by atoms with Crippen molar-refractivity contribution >= 4 is 0 Å². The number of rotatable bonds is 4. The fraction of sp³-hybridized carbons (Fsp3) is 0.733. The summed E-state index contributed by atoms with van der Waals surface area (Å²) in [5.74, 6) is 3.30. The van der Waals surface area contributed by atoms with Gasteiger partial charge in [-0.05, 0) is 96.5 Å². The third-order valence-electron chi connectivity index (χ3n) is 9.25. The number of aliphatic hydroxyl groups is 1. The molecule has 31 heavy (non-hydrogen) atoms. The molecule has 174 valence electrons. The van der Waals surface area contributed by atoms with Gasteiger partial charge in [0.1, 0.15) is 0 Å².